The van der Waals surface area contributed by atoms with Crippen LogP contribution in [0.2, 0.25) is 0 Å². The molecule has 0 fully saturated rings. The predicted octanol–water partition coefficient (Wildman–Crippen LogP) is 1.88. The first kappa shape index (κ1) is 14.7. The van der Waals surface area contributed by atoms with Crippen molar-refractivity contribution in [3.8, 4) is 0 Å². The minimum atomic E-state index is -1.20. The number of rotatable bonds is 4. The van der Waals surface area contributed by atoms with Crippen molar-refractivity contribution in [1.29, 1.82) is 0 Å². The van der Waals surface area contributed by atoms with Gasteiger partial charge in [0.2, 0.25) is 0 Å². The third-order valence-electron chi connectivity index (χ3n) is 3.12. The molecule has 2 aromatic heterocycles. The van der Waals surface area contributed by atoms with Crippen LogP contribution in [0.1, 0.15) is 50.8 Å². The highest BCUT2D eigenvalue weighted by Gasteiger charge is 2.22. The molecule has 0 aliphatic heterocycles. The summed E-state index contributed by atoms with van der Waals surface area (Å²) in [6.45, 7) is 5.30. The minimum Gasteiger partial charge on any atom is -0.478 e. The molecule has 21 heavy (non-hydrogen) atoms. The number of carbonyl (C=O) groups is 2. The summed E-state index contributed by atoms with van der Waals surface area (Å²) in [5, 5.41) is 15.6. The maximum Gasteiger partial charge on any atom is 0.338 e. The average Bonchev–Trinajstić information content (AvgIpc) is 2.78. The molecule has 1 unspecified atom stereocenters. The fourth-order valence-electron chi connectivity index (χ4n) is 2.20. The molecular weight excluding hydrogens is 274 g/mol. The monoisotopic (exact) mass is 289 g/mol. The number of carboxylic acids is 1. The third kappa shape index (κ3) is 2.91. The van der Waals surface area contributed by atoms with E-state index in [1.165, 1.54) is 18.3 Å². The Morgan fingerprint density at radius 1 is 1.38 bits per heavy atom. The van der Waals surface area contributed by atoms with E-state index in [9.17, 15) is 9.59 Å². The lowest BCUT2D eigenvalue weighted by Gasteiger charge is -2.14. The van der Waals surface area contributed by atoms with Crippen LogP contribution in [0, 0.1) is 13.8 Å². The SMILES string of the molecule is Cc1noc(C)c1C(C)NC(=O)c1ncccc1C(=O)O. The molecule has 0 saturated heterocycles. The molecule has 2 aromatic rings. The van der Waals surface area contributed by atoms with Gasteiger partial charge in [0.25, 0.3) is 5.91 Å². The number of hydrogen-bond acceptors (Lipinski definition) is 5. The Bertz CT molecular complexity index is 674. The lowest BCUT2D eigenvalue weighted by atomic mass is 10.1. The van der Waals surface area contributed by atoms with Crippen LogP contribution in [-0.2, 0) is 0 Å². The Hall–Kier alpha value is -2.70. The van der Waals surface area contributed by atoms with E-state index in [2.05, 4.69) is 15.5 Å². The summed E-state index contributed by atoms with van der Waals surface area (Å²) in [7, 11) is 0. The van der Waals surface area contributed by atoms with Gasteiger partial charge in [0.15, 0.2) is 0 Å². The topological polar surface area (TPSA) is 105 Å². The second kappa shape index (κ2) is 5.74. The third-order valence-corrected chi connectivity index (χ3v) is 3.12. The number of nitrogens with zero attached hydrogens (tertiary/aromatic N) is 2. The lowest BCUT2D eigenvalue weighted by molar-refractivity contribution is 0.0689. The molecular formula is C14H15N3O4. The number of aryl methyl sites for hydroxylation is 2. The van der Waals surface area contributed by atoms with E-state index in [-0.39, 0.29) is 17.3 Å². The smallest absolute Gasteiger partial charge is 0.338 e. The molecule has 0 saturated carbocycles. The Morgan fingerprint density at radius 2 is 2.10 bits per heavy atom. The van der Waals surface area contributed by atoms with E-state index in [1.807, 2.05) is 0 Å². The van der Waals surface area contributed by atoms with E-state index >= 15 is 0 Å². The number of amides is 1. The summed E-state index contributed by atoms with van der Waals surface area (Å²) >= 11 is 0. The lowest BCUT2D eigenvalue weighted by Crippen LogP contribution is -2.29. The van der Waals surface area contributed by atoms with Crippen molar-refractivity contribution in [2.45, 2.75) is 26.8 Å². The molecule has 0 aliphatic rings. The molecule has 7 heteroatoms. The van der Waals surface area contributed by atoms with Crippen LogP contribution in [-0.4, -0.2) is 27.1 Å². The van der Waals surface area contributed by atoms with Gasteiger partial charge in [-0.25, -0.2) is 4.79 Å². The second-order valence-corrected chi connectivity index (χ2v) is 4.64. The minimum absolute atomic E-state index is 0.122. The number of aromatic carboxylic acids is 1. The highest BCUT2D eigenvalue weighted by Crippen LogP contribution is 2.21. The summed E-state index contributed by atoms with van der Waals surface area (Å²) < 4.78 is 5.05. The first-order valence-corrected chi connectivity index (χ1v) is 6.33. The molecule has 0 bridgehead atoms. The van der Waals surface area contributed by atoms with Crippen molar-refractivity contribution in [3.05, 3.63) is 46.6 Å². The Balaban J connectivity index is 2.25. The van der Waals surface area contributed by atoms with E-state index in [0.29, 0.717) is 11.5 Å². The van der Waals surface area contributed by atoms with Crippen LogP contribution < -0.4 is 5.32 Å². The highest BCUT2D eigenvalue weighted by atomic mass is 16.5. The van der Waals surface area contributed by atoms with Crippen LogP contribution in [0.4, 0.5) is 0 Å². The van der Waals surface area contributed by atoms with Gasteiger partial charge in [0.05, 0.1) is 17.3 Å². The number of carbonyl (C=O) groups excluding carboxylic acids is 1. The normalized spacial score (nSPS) is 12.0. The van der Waals surface area contributed by atoms with Crippen LogP contribution in [0.5, 0.6) is 0 Å². The predicted molar refractivity (Wildman–Crippen MR) is 73.1 cm³/mol. The van der Waals surface area contributed by atoms with Gasteiger partial charge < -0.3 is 14.9 Å². The quantitative estimate of drug-likeness (QED) is 0.890. The van der Waals surface area contributed by atoms with Crippen molar-refractivity contribution in [3.63, 3.8) is 0 Å². The number of hydrogen-bond donors (Lipinski definition) is 2. The van der Waals surface area contributed by atoms with Gasteiger partial charge in [0.1, 0.15) is 11.5 Å². The maximum absolute atomic E-state index is 12.2. The summed E-state index contributed by atoms with van der Waals surface area (Å²) in [5.74, 6) is -1.14. The van der Waals surface area contributed by atoms with Crippen molar-refractivity contribution in [1.82, 2.24) is 15.5 Å². The van der Waals surface area contributed by atoms with Crippen LogP contribution in [0.3, 0.4) is 0 Å². The van der Waals surface area contributed by atoms with Crippen LogP contribution in [0.25, 0.3) is 0 Å². The van der Waals surface area contributed by atoms with E-state index < -0.39 is 11.9 Å². The summed E-state index contributed by atoms with van der Waals surface area (Å²) in [6.07, 6.45) is 1.38. The summed E-state index contributed by atoms with van der Waals surface area (Å²) in [6, 6.07) is 2.44. The van der Waals surface area contributed by atoms with Crippen molar-refractivity contribution in [2.75, 3.05) is 0 Å². The second-order valence-electron chi connectivity index (χ2n) is 4.64. The zero-order valence-corrected chi connectivity index (χ0v) is 11.9. The number of carboxylic acid groups (broad SMARTS) is 1. The maximum atomic E-state index is 12.2. The van der Waals surface area contributed by atoms with Crippen molar-refractivity contribution >= 4 is 11.9 Å². The fraction of sp³-hybridized carbons (Fsp3) is 0.286. The highest BCUT2D eigenvalue weighted by molar-refractivity contribution is 6.03. The van der Waals surface area contributed by atoms with Gasteiger partial charge in [0, 0.05) is 11.8 Å². The van der Waals surface area contributed by atoms with Crippen molar-refractivity contribution < 1.29 is 19.2 Å². The molecule has 0 spiro atoms. The molecule has 1 amide bonds. The molecule has 0 aromatic carbocycles. The standard InChI is InChI=1S/C14H15N3O4/c1-7(11-8(2)17-21-9(11)3)16-13(18)12-10(14(19)20)5-4-6-15-12/h4-7H,1-3H3,(H,16,18)(H,19,20). The van der Waals surface area contributed by atoms with Crippen LogP contribution >= 0.6 is 0 Å². The van der Waals surface area contributed by atoms with Gasteiger partial charge in [-0.3, -0.25) is 9.78 Å². The first-order valence-electron chi connectivity index (χ1n) is 6.33. The Labute approximate surface area is 121 Å². The van der Waals surface area contributed by atoms with Crippen molar-refractivity contribution in [2.24, 2.45) is 0 Å². The molecule has 110 valence electrons. The fourth-order valence-corrected chi connectivity index (χ4v) is 2.20. The van der Waals surface area contributed by atoms with Crippen LogP contribution in [0.15, 0.2) is 22.9 Å². The van der Waals surface area contributed by atoms with Gasteiger partial charge in [-0.05, 0) is 32.9 Å². The largest absolute Gasteiger partial charge is 0.478 e. The van der Waals surface area contributed by atoms with E-state index in [0.717, 1.165) is 5.56 Å². The Kier molecular flexibility index (Phi) is 4.02. The number of aromatic nitrogens is 2. The average molecular weight is 289 g/mol. The Morgan fingerprint density at radius 3 is 2.67 bits per heavy atom. The zero-order valence-electron chi connectivity index (χ0n) is 11.9. The summed E-state index contributed by atoms with van der Waals surface area (Å²) in [4.78, 5) is 27.2. The summed E-state index contributed by atoms with van der Waals surface area (Å²) in [5.41, 5.74) is 1.19. The molecule has 2 N–H and O–H groups in total. The van der Waals surface area contributed by atoms with E-state index in [4.69, 9.17) is 9.63 Å². The van der Waals surface area contributed by atoms with Gasteiger partial charge in [-0.1, -0.05) is 5.16 Å². The molecule has 0 aliphatic carbocycles. The molecule has 7 nitrogen and oxygen atoms in total. The van der Waals surface area contributed by atoms with Gasteiger partial charge >= 0.3 is 5.97 Å². The molecule has 0 radical (unpaired) electrons. The molecule has 2 rings (SSSR count). The first-order chi connectivity index (χ1) is 9.91. The number of nitrogens with one attached hydrogen (secondary N) is 1. The van der Waals surface area contributed by atoms with E-state index in [1.54, 1.807) is 20.8 Å². The number of pyridine rings is 1. The molecule has 2 heterocycles. The van der Waals surface area contributed by atoms with Gasteiger partial charge in [-0.2, -0.15) is 0 Å². The molecule has 1 atom stereocenters. The van der Waals surface area contributed by atoms with Gasteiger partial charge in [-0.15, -0.1) is 0 Å². The zero-order chi connectivity index (χ0) is 15.6.